The molecule has 2 aromatic rings. The molecule has 1 saturated carbocycles. The summed E-state index contributed by atoms with van der Waals surface area (Å²) in [5.74, 6) is 0.855. The molecule has 1 atom stereocenters. The molecular weight excluding hydrogens is 444 g/mol. The largest absolute Gasteiger partial charge is 0.371 e. The highest BCUT2D eigenvalue weighted by molar-refractivity contribution is 5.94. The Kier molecular flexibility index (Phi) is 8.95. The highest BCUT2D eigenvalue weighted by atomic mass is 16.1. The van der Waals surface area contributed by atoms with Crippen molar-refractivity contribution < 1.29 is 4.79 Å². The average molecular weight is 489 g/mol. The number of amides is 1. The van der Waals surface area contributed by atoms with E-state index in [2.05, 4.69) is 62.9 Å². The number of anilines is 1. The van der Waals surface area contributed by atoms with Crippen LogP contribution in [0.5, 0.6) is 0 Å². The van der Waals surface area contributed by atoms with E-state index in [1.54, 1.807) is 0 Å². The molecule has 36 heavy (non-hydrogen) atoms. The normalized spacial score (nSPS) is 22.1. The van der Waals surface area contributed by atoms with E-state index in [4.69, 9.17) is 0 Å². The zero-order valence-electron chi connectivity index (χ0n) is 21.8. The summed E-state index contributed by atoms with van der Waals surface area (Å²) in [4.78, 5) is 17.7. The maximum absolute atomic E-state index is 12.5. The third kappa shape index (κ3) is 7.10. The van der Waals surface area contributed by atoms with Crippen LogP contribution in [0.15, 0.2) is 54.6 Å². The van der Waals surface area contributed by atoms with Crippen LogP contribution in [-0.2, 0) is 6.42 Å². The Bertz CT molecular complexity index is 933. The van der Waals surface area contributed by atoms with Gasteiger partial charge < -0.3 is 20.4 Å². The van der Waals surface area contributed by atoms with Gasteiger partial charge in [-0.15, -0.1) is 0 Å². The number of hydrogen-bond donors (Lipinski definition) is 2. The van der Waals surface area contributed by atoms with E-state index in [9.17, 15) is 4.79 Å². The van der Waals surface area contributed by atoms with Crippen LogP contribution in [0.2, 0.25) is 0 Å². The van der Waals surface area contributed by atoms with Gasteiger partial charge in [-0.1, -0.05) is 43.2 Å². The van der Waals surface area contributed by atoms with Crippen LogP contribution >= 0.6 is 0 Å². The second-order valence-corrected chi connectivity index (χ2v) is 11.2. The Hall–Kier alpha value is -2.37. The molecule has 5 rings (SSSR count). The molecule has 1 aliphatic carbocycles. The Morgan fingerprint density at radius 2 is 1.56 bits per heavy atom. The van der Waals surface area contributed by atoms with Crippen molar-refractivity contribution in [3.05, 3.63) is 65.7 Å². The molecule has 2 saturated heterocycles. The molecule has 5 heteroatoms. The number of nitrogens with one attached hydrogen (secondary N) is 2. The number of carbonyl (C=O) groups is 1. The topological polar surface area (TPSA) is 47.6 Å². The van der Waals surface area contributed by atoms with E-state index in [1.165, 1.54) is 69.4 Å². The van der Waals surface area contributed by atoms with Crippen LogP contribution in [0.25, 0.3) is 0 Å². The van der Waals surface area contributed by atoms with Crippen molar-refractivity contribution in [2.45, 2.75) is 69.9 Å². The molecule has 3 aliphatic rings. The van der Waals surface area contributed by atoms with Gasteiger partial charge in [-0.25, -0.2) is 0 Å². The molecule has 2 heterocycles. The van der Waals surface area contributed by atoms with Crippen molar-refractivity contribution in [1.29, 1.82) is 0 Å². The molecule has 2 N–H and O–H groups in total. The molecule has 0 bridgehead atoms. The Balaban J connectivity index is 1.01. The lowest BCUT2D eigenvalue weighted by Gasteiger charge is -2.36. The van der Waals surface area contributed by atoms with E-state index in [0.29, 0.717) is 12.1 Å². The maximum Gasteiger partial charge on any atom is 0.251 e. The summed E-state index contributed by atoms with van der Waals surface area (Å²) in [6.45, 7) is 6.98. The lowest BCUT2D eigenvalue weighted by molar-refractivity contribution is 0.0938. The van der Waals surface area contributed by atoms with E-state index >= 15 is 0 Å². The first kappa shape index (κ1) is 25.3. The van der Waals surface area contributed by atoms with Gasteiger partial charge in [0.1, 0.15) is 0 Å². The number of benzene rings is 2. The van der Waals surface area contributed by atoms with Crippen LogP contribution in [0, 0.1) is 5.92 Å². The fourth-order valence-electron chi connectivity index (χ4n) is 6.29. The van der Waals surface area contributed by atoms with Gasteiger partial charge in [-0.05, 0) is 93.8 Å². The van der Waals surface area contributed by atoms with Crippen molar-refractivity contribution in [3.8, 4) is 0 Å². The zero-order valence-corrected chi connectivity index (χ0v) is 21.8. The van der Waals surface area contributed by atoms with Gasteiger partial charge in [-0.3, -0.25) is 4.79 Å². The predicted octanol–water partition coefficient (Wildman–Crippen LogP) is 4.87. The Labute approximate surface area is 217 Å². The van der Waals surface area contributed by atoms with Gasteiger partial charge in [0, 0.05) is 49.5 Å². The minimum Gasteiger partial charge on any atom is -0.371 e. The minimum absolute atomic E-state index is 0.0812. The Morgan fingerprint density at radius 3 is 2.31 bits per heavy atom. The zero-order chi connectivity index (χ0) is 24.6. The first-order chi connectivity index (χ1) is 17.7. The molecule has 1 amide bonds. The van der Waals surface area contributed by atoms with Crippen molar-refractivity contribution in [2.75, 3.05) is 44.2 Å². The van der Waals surface area contributed by atoms with E-state index in [1.807, 2.05) is 12.1 Å². The Morgan fingerprint density at radius 1 is 0.806 bits per heavy atom. The fraction of sp³-hybridized carbons (Fsp3) is 0.581. The van der Waals surface area contributed by atoms with E-state index < -0.39 is 0 Å². The molecule has 2 aromatic carbocycles. The highest BCUT2D eigenvalue weighted by Crippen LogP contribution is 2.23. The lowest BCUT2D eigenvalue weighted by atomic mass is 9.96. The van der Waals surface area contributed by atoms with E-state index in [0.717, 1.165) is 50.4 Å². The van der Waals surface area contributed by atoms with Gasteiger partial charge >= 0.3 is 0 Å². The van der Waals surface area contributed by atoms with Gasteiger partial charge in [-0.2, -0.15) is 0 Å². The van der Waals surface area contributed by atoms with Crippen LogP contribution in [0.1, 0.15) is 67.3 Å². The minimum atomic E-state index is 0.0812. The van der Waals surface area contributed by atoms with Crippen LogP contribution in [-0.4, -0.2) is 62.2 Å². The number of likely N-dealkylation sites (tertiary alicyclic amines) is 1. The molecule has 1 unspecified atom stereocenters. The van der Waals surface area contributed by atoms with Gasteiger partial charge in [0.15, 0.2) is 0 Å². The molecule has 0 radical (unpaired) electrons. The van der Waals surface area contributed by atoms with Crippen molar-refractivity contribution in [1.82, 2.24) is 15.5 Å². The standard InChI is InChI=1S/C31H44N4O/c36-31(33-29-10-4-5-11-29)27-12-14-30(15-13-27)35-21-17-28(18-22-35)32-23-26-9-6-19-34(24-26)20-16-25-7-2-1-3-8-25/h1-3,7-8,12-15,26,28-29,32H,4-6,9-11,16-24H2,(H,33,36). The number of nitrogens with zero attached hydrogens (tertiary/aromatic N) is 2. The summed E-state index contributed by atoms with van der Waals surface area (Å²) >= 11 is 0. The van der Waals surface area contributed by atoms with Crippen molar-refractivity contribution >= 4 is 11.6 Å². The molecular formula is C31H44N4O. The lowest BCUT2D eigenvalue weighted by Crippen LogP contribution is -2.46. The summed E-state index contributed by atoms with van der Waals surface area (Å²) < 4.78 is 0. The maximum atomic E-state index is 12.5. The second kappa shape index (κ2) is 12.7. The monoisotopic (exact) mass is 488 g/mol. The number of hydrogen-bond acceptors (Lipinski definition) is 4. The first-order valence-corrected chi connectivity index (χ1v) is 14.4. The summed E-state index contributed by atoms with van der Waals surface area (Å²) in [5, 5.41) is 7.10. The third-order valence-corrected chi connectivity index (χ3v) is 8.54. The average Bonchev–Trinajstić information content (AvgIpc) is 3.45. The fourth-order valence-corrected chi connectivity index (χ4v) is 6.29. The highest BCUT2D eigenvalue weighted by Gasteiger charge is 2.24. The SMILES string of the molecule is O=C(NC1CCCC1)c1ccc(N2CCC(NCC3CCCN(CCc4ccccc4)C3)CC2)cc1. The number of carbonyl (C=O) groups excluding carboxylic acids is 1. The van der Waals surface area contributed by atoms with Crippen LogP contribution in [0.3, 0.4) is 0 Å². The summed E-state index contributed by atoms with van der Waals surface area (Å²) in [6, 6.07) is 20.1. The summed E-state index contributed by atoms with van der Waals surface area (Å²) in [7, 11) is 0. The number of piperidine rings is 2. The van der Waals surface area contributed by atoms with Crippen LogP contribution < -0.4 is 15.5 Å². The summed E-state index contributed by atoms with van der Waals surface area (Å²) in [6.07, 6.45) is 10.9. The van der Waals surface area contributed by atoms with E-state index in [-0.39, 0.29) is 5.91 Å². The molecule has 0 spiro atoms. The quantitative estimate of drug-likeness (QED) is 0.529. The molecule has 3 fully saturated rings. The third-order valence-electron chi connectivity index (χ3n) is 8.54. The predicted molar refractivity (Wildman–Crippen MR) is 149 cm³/mol. The smallest absolute Gasteiger partial charge is 0.251 e. The van der Waals surface area contributed by atoms with Crippen LogP contribution in [0.4, 0.5) is 5.69 Å². The molecule has 0 aromatic heterocycles. The van der Waals surface area contributed by atoms with Gasteiger partial charge in [0.2, 0.25) is 0 Å². The van der Waals surface area contributed by atoms with Gasteiger partial charge in [0.25, 0.3) is 5.91 Å². The molecule has 2 aliphatic heterocycles. The first-order valence-electron chi connectivity index (χ1n) is 14.4. The van der Waals surface area contributed by atoms with Gasteiger partial charge in [0.05, 0.1) is 0 Å². The van der Waals surface area contributed by atoms with Crippen molar-refractivity contribution in [3.63, 3.8) is 0 Å². The molecule has 5 nitrogen and oxygen atoms in total. The number of rotatable bonds is 9. The summed E-state index contributed by atoms with van der Waals surface area (Å²) in [5.41, 5.74) is 3.48. The van der Waals surface area contributed by atoms with Crippen molar-refractivity contribution in [2.24, 2.45) is 5.92 Å². The molecule has 194 valence electrons. The second-order valence-electron chi connectivity index (χ2n) is 11.2.